The van der Waals surface area contributed by atoms with E-state index in [1.165, 1.54) is 0 Å². The van der Waals surface area contributed by atoms with E-state index >= 15 is 0 Å². The molecule has 5 heteroatoms. The maximum absolute atomic E-state index is 11.9. The second kappa shape index (κ2) is 5.95. The van der Waals surface area contributed by atoms with Gasteiger partial charge in [-0.1, -0.05) is 23.7 Å². The van der Waals surface area contributed by atoms with E-state index in [2.05, 4.69) is 17.2 Å². The number of fused-ring (bicyclic) bond motifs is 1. The van der Waals surface area contributed by atoms with Crippen LogP contribution in [0.1, 0.15) is 24.1 Å². The molecule has 0 radical (unpaired) electrons. The molecule has 1 aliphatic heterocycles. The minimum absolute atomic E-state index is 0.237. The van der Waals surface area contributed by atoms with Gasteiger partial charge in [0.2, 0.25) is 5.91 Å². The highest BCUT2D eigenvalue weighted by Crippen LogP contribution is 2.28. The Kier molecular flexibility index (Phi) is 3.77. The molecule has 1 aliphatic rings. The monoisotopic (exact) mass is 339 g/mol. The number of aryl methyl sites for hydroxylation is 1. The van der Waals surface area contributed by atoms with Crippen LogP contribution in [0.5, 0.6) is 0 Å². The Morgan fingerprint density at radius 2 is 2.12 bits per heavy atom. The molecule has 1 aromatic carbocycles. The molecule has 0 atom stereocenters. The van der Waals surface area contributed by atoms with E-state index in [-0.39, 0.29) is 5.91 Å². The molecule has 1 fully saturated rings. The fourth-order valence-corrected chi connectivity index (χ4v) is 3.52. The van der Waals surface area contributed by atoms with Crippen molar-refractivity contribution in [2.75, 3.05) is 6.54 Å². The zero-order valence-corrected chi connectivity index (χ0v) is 14.3. The van der Waals surface area contributed by atoms with Crippen LogP contribution in [0.15, 0.2) is 42.7 Å². The number of nitrogens with zero attached hydrogens (tertiary/aromatic N) is 3. The van der Waals surface area contributed by atoms with E-state index in [4.69, 9.17) is 11.6 Å². The van der Waals surface area contributed by atoms with Crippen LogP contribution >= 0.6 is 11.6 Å². The molecule has 0 N–H and O–H groups in total. The Hall–Kier alpha value is -2.33. The lowest BCUT2D eigenvalue weighted by atomic mass is 10.0. The number of benzene rings is 1. The van der Waals surface area contributed by atoms with Crippen LogP contribution in [-0.2, 0) is 11.3 Å². The van der Waals surface area contributed by atoms with E-state index in [0.717, 1.165) is 41.0 Å². The van der Waals surface area contributed by atoms with Crippen molar-refractivity contribution in [3.05, 3.63) is 59.0 Å². The maximum Gasteiger partial charge on any atom is 0.222 e. The van der Waals surface area contributed by atoms with Gasteiger partial charge in [0, 0.05) is 42.5 Å². The van der Waals surface area contributed by atoms with Crippen molar-refractivity contribution in [3.63, 3.8) is 0 Å². The lowest BCUT2D eigenvalue weighted by molar-refractivity contribution is -0.128. The summed E-state index contributed by atoms with van der Waals surface area (Å²) in [7, 11) is 0. The Morgan fingerprint density at radius 1 is 1.25 bits per heavy atom. The topological polar surface area (TPSA) is 37.6 Å². The lowest BCUT2D eigenvalue weighted by Crippen LogP contribution is -2.24. The first kappa shape index (κ1) is 15.2. The summed E-state index contributed by atoms with van der Waals surface area (Å²) in [6.45, 7) is 3.46. The van der Waals surface area contributed by atoms with Crippen LogP contribution in [-0.4, -0.2) is 26.7 Å². The number of pyridine rings is 1. The summed E-state index contributed by atoms with van der Waals surface area (Å²) in [5.74, 6) is 0.237. The van der Waals surface area contributed by atoms with E-state index < -0.39 is 0 Å². The van der Waals surface area contributed by atoms with Crippen LogP contribution in [0.4, 0.5) is 0 Å². The average Bonchev–Trinajstić information content (AvgIpc) is 3.11. The third-order valence-electron chi connectivity index (χ3n) is 4.41. The van der Waals surface area contributed by atoms with Crippen molar-refractivity contribution >= 4 is 23.2 Å². The van der Waals surface area contributed by atoms with E-state index in [1.54, 1.807) is 0 Å². The number of carbonyl (C=O) groups excluding carboxylic acids is 1. The molecule has 0 saturated carbocycles. The Morgan fingerprint density at radius 3 is 2.88 bits per heavy atom. The average molecular weight is 340 g/mol. The number of amides is 1. The van der Waals surface area contributed by atoms with Gasteiger partial charge >= 0.3 is 0 Å². The summed E-state index contributed by atoms with van der Waals surface area (Å²) in [6.07, 6.45) is 5.69. The number of rotatable bonds is 3. The molecule has 1 amide bonds. The largest absolute Gasteiger partial charge is 0.338 e. The summed E-state index contributed by atoms with van der Waals surface area (Å²) in [5, 5.41) is 0.703. The standard InChI is InChI=1S/C19H18ClN3O/c1-13-10-23-12-14(11-22-7-3-6-18(22)24)8-17(19(23)21-13)15-4-2-5-16(20)9-15/h2,4-5,8-10,12H,3,6-7,11H2,1H3. The number of aromatic nitrogens is 2. The Balaban J connectivity index is 1.83. The molecule has 0 aliphatic carbocycles. The zero-order valence-electron chi connectivity index (χ0n) is 13.5. The van der Waals surface area contributed by atoms with E-state index in [1.807, 2.05) is 46.7 Å². The zero-order chi connectivity index (χ0) is 16.7. The number of imidazole rings is 1. The van der Waals surface area contributed by atoms with Gasteiger partial charge in [-0.2, -0.15) is 0 Å². The quantitative estimate of drug-likeness (QED) is 0.721. The highest BCUT2D eigenvalue weighted by Gasteiger charge is 2.21. The van der Waals surface area contributed by atoms with Crippen LogP contribution < -0.4 is 0 Å². The van der Waals surface area contributed by atoms with E-state index in [9.17, 15) is 4.79 Å². The van der Waals surface area contributed by atoms with Gasteiger partial charge in [-0.15, -0.1) is 0 Å². The predicted molar refractivity (Wildman–Crippen MR) is 95.0 cm³/mol. The molecule has 4 rings (SSSR count). The summed E-state index contributed by atoms with van der Waals surface area (Å²) >= 11 is 6.17. The predicted octanol–water partition coefficient (Wildman–Crippen LogP) is 4.09. The number of hydrogen-bond donors (Lipinski definition) is 0. The SMILES string of the molecule is Cc1cn2cc(CN3CCCC3=O)cc(-c3cccc(Cl)c3)c2n1. The summed E-state index contributed by atoms with van der Waals surface area (Å²) in [5.41, 5.74) is 5.05. The first-order chi connectivity index (χ1) is 11.6. The second-order valence-electron chi connectivity index (χ2n) is 6.30. The molecule has 1 saturated heterocycles. The Bertz CT molecular complexity index is 932. The van der Waals surface area contributed by atoms with Gasteiger partial charge in [-0.25, -0.2) is 4.98 Å². The van der Waals surface area contributed by atoms with Gasteiger partial charge in [-0.05, 0) is 42.7 Å². The third-order valence-corrected chi connectivity index (χ3v) is 4.64. The number of carbonyl (C=O) groups is 1. The molecule has 24 heavy (non-hydrogen) atoms. The molecule has 0 bridgehead atoms. The second-order valence-corrected chi connectivity index (χ2v) is 6.74. The van der Waals surface area contributed by atoms with Crippen LogP contribution in [0.3, 0.4) is 0 Å². The van der Waals surface area contributed by atoms with Crippen LogP contribution in [0.25, 0.3) is 16.8 Å². The van der Waals surface area contributed by atoms with Gasteiger partial charge in [0.1, 0.15) is 5.65 Å². The summed E-state index contributed by atoms with van der Waals surface area (Å²) < 4.78 is 2.04. The molecule has 4 nitrogen and oxygen atoms in total. The number of likely N-dealkylation sites (tertiary alicyclic amines) is 1. The maximum atomic E-state index is 11.9. The van der Waals surface area contributed by atoms with Crippen molar-refractivity contribution in [3.8, 4) is 11.1 Å². The molecule has 3 heterocycles. The fourth-order valence-electron chi connectivity index (χ4n) is 3.33. The molecular formula is C19H18ClN3O. The summed E-state index contributed by atoms with van der Waals surface area (Å²) in [4.78, 5) is 18.5. The van der Waals surface area contributed by atoms with Crippen molar-refractivity contribution in [2.24, 2.45) is 0 Å². The molecular weight excluding hydrogens is 322 g/mol. The smallest absolute Gasteiger partial charge is 0.222 e. The highest BCUT2D eigenvalue weighted by atomic mass is 35.5. The first-order valence-corrected chi connectivity index (χ1v) is 8.50. The number of hydrogen-bond acceptors (Lipinski definition) is 2. The molecule has 3 aromatic rings. The van der Waals surface area contributed by atoms with Crippen molar-refractivity contribution in [2.45, 2.75) is 26.3 Å². The molecule has 122 valence electrons. The van der Waals surface area contributed by atoms with E-state index in [0.29, 0.717) is 18.0 Å². The Labute approximate surface area is 145 Å². The lowest BCUT2D eigenvalue weighted by Gasteiger charge is -2.17. The van der Waals surface area contributed by atoms with Crippen LogP contribution in [0.2, 0.25) is 5.02 Å². The molecule has 0 spiro atoms. The summed E-state index contributed by atoms with van der Waals surface area (Å²) in [6, 6.07) is 9.92. The highest BCUT2D eigenvalue weighted by molar-refractivity contribution is 6.30. The first-order valence-electron chi connectivity index (χ1n) is 8.12. The normalized spacial score (nSPS) is 14.8. The van der Waals surface area contributed by atoms with Gasteiger partial charge in [0.05, 0.1) is 5.69 Å². The minimum atomic E-state index is 0.237. The number of halogens is 1. The third kappa shape index (κ3) is 2.78. The molecule has 0 unspecified atom stereocenters. The van der Waals surface area contributed by atoms with Gasteiger partial charge in [0.25, 0.3) is 0 Å². The van der Waals surface area contributed by atoms with Gasteiger partial charge in [-0.3, -0.25) is 4.79 Å². The molecule has 2 aromatic heterocycles. The van der Waals surface area contributed by atoms with Gasteiger partial charge in [0.15, 0.2) is 0 Å². The van der Waals surface area contributed by atoms with Crippen LogP contribution in [0, 0.1) is 6.92 Å². The van der Waals surface area contributed by atoms with Crippen molar-refractivity contribution < 1.29 is 4.79 Å². The van der Waals surface area contributed by atoms with Gasteiger partial charge < -0.3 is 9.30 Å². The minimum Gasteiger partial charge on any atom is -0.338 e. The fraction of sp³-hybridized carbons (Fsp3) is 0.263. The van der Waals surface area contributed by atoms with Crippen molar-refractivity contribution in [1.82, 2.24) is 14.3 Å². The van der Waals surface area contributed by atoms with Crippen molar-refractivity contribution in [1.29, 1.82) is 0 Å².